The Kier molecular flexibility index (Phi) is 5.66. The van der Waals surface area contributed by atoms with Crippen molar-refractivity contribution in [1.82, 2.24) is 5.32 Å². The molecule has 3 unspecified atom stereocenters. The summed E-state index contributed by atoms with van der Waals surface area (Å²) in [6, 6.07) is -0.170. The molecule has 0 saturated carbocycles. The van der Waals surface area contributed by atoms with E-state index in [0.29, 0.717) is 0 Å². The van der Waals surface area contributed by atoms with Crippen LogP contribution in [0.25, 0.3) is 0 Å². The molecule has 0 spiro atoms. The molecule has 0 bridgehead atoms. The molecule has 3 atom stereocenters. The van der Waals surface area contributed by atoms with Crippen molar-refractivity contribution in [3.63, 3.8) is 0 Å². The number of hydrogen-bond acceptors (Lipinski definition) is 4. The van der Waals surface area contributed by atoms with Gasteiger partial charge in [-0.25, -0.2) is 0 Å². The Morgan fingerprint density at radius 3 is 2.15 bits per heavy atom. The van der Waals surface area contributed by atoms with Crippen LogP contribution in [0.15, 0.2) is 0 Å². The molecular formula is C9H19NO3. The second-order valence-corrected chi connectivity index (χ2v) is 3.14. The number of carbonyl (C=O) groups excluding carboxylic acids is 1. The van der Waals surface area contributed by atoms with Gasteiger partial charge in [-0.2, -0.15) is 0 Å². The van der Waals surface area contributed by atoms with E-state index >= 15 is 0 Å². The van der Waals surface area contributed by atoms with E-state index in [9.17, 15) is 4.79 Å². The van der Waals surface area contributed by atoms with E-state index in [0.717, 1.165) is 0 Å². The summed E-state index contributed by atoms with van der Waals surface area (Å²) in [5.41, 5.74) is 0. The normalized spacial score (nSPS) is 17.6. The van der Waals surface area contributed by atoms with Crippen molar-refractivity contribution in [2.45, 2.75) is 39.0 Å². The molecule has 0 radical (unpaired) electrons. The average Bonchev–Trinajstić information content (AvgIpc) is 2.14. The van der Waals surface area contributed by atoms with Gasteiger partial charge in [0.25, 0.3) is 0 Å². The van der Waals surface area contributed by atoms with Gasteiger partial charge in [0.15, 0.2) is 0 Å². The van der Waals surface area contributed by atoms with Crippen molar-refractivity contribution in [2.75, 3.05) is 14.2 Å². The smallest absolute Gasteiger partial charge is 0.322 e. The lowest BCUT2D eigenvalue weighted by Crippen LogP contribution is -2.45. The fraction of sp³-hybridized carbons (Fsp3) is 0.889. The third kappa shape index (κ3) is 4.24. The molecule has 4 heteroatoms. The monoisotopic (exact) mass is 189 g/mol. The summed E-state index contributed by atoms with van der Waals surface area (Å²) < 4.78 is 9.70. The summed E-state index contributed by atoms with van der Waals surface area (Å²) in [6.45, 7) is 5.68. The number of ether oxygens (including phenoxy) is 2. The lowest BCUT2D eigenvalue weighted by Gasteiger charge is -2.22. The molecule has 0 aliphatic rings. The Balaban J connectivity index is 3.90. The fourth-order valence-electron chi connectivity index (χ4n) is 0.979. The van der Waals surface area contributed by atoms with Gasteiger partial charge >= 0.3 is 5.97 Å². The molecule has 78 valence electrons. The number of hydrogen-bond donors (Lipinski definition) is 1. The molecule has 0 aliphatic carbocycles. The first kappa shape index (κ1) is 12.4. The van der Waals surface area contributed by atoms with Gasteiger partial charge in [-0.1, -0.05) is 0 Å². The SMILES string of the molecule is COC(=O)C(C)NC(C)C(C)OC. The predicted octanol–water partition coefficient (Wildman–Crippen LogP) is 0.561. The predicted molar refractivity (Wildman–Crippen MR) is 50.5 cm³/mol. The molecule has 0 aromatic heterocycles. The Morgan fingerprint density at radius 1 is 1.23 bits per heavy atom. The van der Waals surface area contributed by atoms with E-state index in [4.69, 9.17) is 4.74 Å². The van der Waals surface area contributed by atoms with Gasteiger partial charge in [0.2, 0.25) is 0 Å². The Bertz CT molecular complexity index is 161. The van der Waals surface area contributed by atoms with Gasteiger partial charge in [0.1, 0.15) is 6.04 Å². The quantitative estimate of drug-likeness (QED) is 0.642. The van der Waals surface area contributed by atoms with Gasteiger partial charge in [0.05, 0.1) is 13.2 Å². The highest BCUT2D eigenvalue weighted by molar-refractivity contribution is 5.75. The number of esters is 1. The lowest BCUT2D eigenvalue weighted by molar-refractivity contribution is -0.143. The van der Waals surface area contributed by atoms with E-state index in [1.54, 1.807) is 14.0 Å². The highest BCUT2D eigenvalue weighted by atomic mass is 16.5. The molecule has 13 heavy (non-hydrogen) atoms. The molecule has 0 rings (SSSR count). The third-order valence-corrected chi connectivity index (χ3v) is 2.14. The summed E-state index contributed by atoms with van der Waals surface area (Å²) >= 11 is 0. The van der Waals surface area contributed by atoms with Crippen LogP contribution >= 0.6 is 0 Å². The minimum Gasteiger partial charge on any atom is -0.468 e. The van der Waals surface area contributed by atoms with Gasteiger partial charge in [0, 0.05) is 13.2 Å². The summed E-state index contributed by atoms with van der Waals surface area (Å²) in [5.74, 6) is -0.254. The summed E-state index contributed by atoms with van der Waals surface area (Å²) in [7, 11) is 3.02. The van der Waals surface area contributed by atoms with Crippen molar-refractivity contribution < 1.29 is 14.3 Å². The average molecular weight is 189 g/mol. The first-order valence-electron chi connectivity index (χ1n) is 4.39. The topological polar surface area (TPSA) is 47.6 Å². The second-order valence-electron chi connectivity index (χ2n) is 3.14. The first-order chi connectivity index (χ1) is 6.02. The number of nitrogens with one attached hydrogen (secondary N) is 1. The van der Waals surface area contributed by atoms with Crippen molar-refractivity contribution in [1.29, 1.82) is 0 Å². The highest BCUT2D eigenvalue weighted by Gasteiger charge is 2.18. The first-order valence-corrected chi connectivity index (χ1v) is 4.39. The summed E-state index contributed by atoms with van der Waals surface area (Å²) in [6.07, 6.45) is 0.0760. The van der Waals surface area contributed by atoms with E-state index in [-0.39, 0.29) is 24.2 Å². The summed E-state index contributed by atoms with van der Waals surface area (Å²) in [4.78, 5) is 11.0. The van der Waals surface area contributed by atoms with Crippen LogP contribution in [0.2, 0.25) is 0 Å². The zero-order chi connectivity index (χ0) is 10.4. The number of carbonyl (C=O) groups is 1. The Hall–Kier alpha value is -0.610. The van der Waals surface area contributed by atoms with Crippen LogP contribution < -0.4 is 5.32 Å². The van der Waals surface area contributed by atoms with Crippen LogP contribution in [-0.2, 0) is 14.3 Å². The van der Waals surface area contributed by atoms with E-state index < -0.39 is 0 Å². The van der Waals surface area contributed by atoms with Gasteiger partial charge < -0.3 is 9.47 Å². The molecule has 0 amide bonds. The maximum Gasteiger partial charge on any atom is 0.322 e. The van der Waals surface area contributed by atoms with Crippen LogP contribution in [0.1, 0.15) is 20.8 Å². The molecule has 0 aliphatic heterocycles. The second kappa shape index (κ2) is 5.94. The van der Waals surface area contributed by atoms with Crippen LogP contribution in [0.3, 0.4) is 0 Å². The molecule has 0 fully saturated rings. The zero-order valence-electron chi connectivity index (χ0n) is 8.96. The lowest BCUT2D eigenvalue weighted by atomic mass is 10.2. The fourth-order valence-corrected chi connectivity index (χ4v) is 0.979. The molecule has 4 nitrogen and oxygen atoms in total. The molecule has 1 N–H and O–H groups in total. The summed E-state index contributed by atoms with van der Waals surface area (Å²) in [5, 5.41) is 3.08. The van der Waals surface area contributed by atoms with E-state index in [1.165, 1.54) is 7.11 Å². The van der Waals surface area contributed by atoms with E-state index in [2.05, 4.69) is 10.1 Å². The minimum atomic E-state index is -0.294. The molecule has 0 aromatic rings. The zero-order valence-corrected chi connectivity index (χ0v) is 8.96. The van der Waals surface area contributed by atoms with E-state index in [1.807, 2.05) is 13.8 Å². The molecular weight excluding hydrogens is 170 g/mol. The standard InChI is InChI=1S/C9H19NO3/c1-6(8(3)12-4)10-7(2)9(11)13-5/h6-8,10H,1-5H3. The third-order valence-electron chi connectivity index (χ3n) is 2.14. The van der Waals surface area contributed by atoms with Gasteiger partial charge in [-0.15, -0.1) is 0 Å². The van der Waals surface area contributed by atoms with Crippen molar-refractivity contribution in [3.8, 4) is 0 Å². The number of rotatable bonds is 5. The van der Waals surface area contributed by atoms with Crippen molar-refractivity contribution in [3.05, 3.63) is 0 Å². The van der Waals surface area contributed by atoms with Gasteiger partial charge in [-0.05, 0) is 20.8 Å². The van der Waals surface area contributed by atoms with Crippen molar-refractivity contribution in [2.24, 2.45) is 0 Å². The Morgan fingerprint density at radius 2 is 1.77 bits per heavy atom. The molecule has 0 saturated heterocycles. The highest BCUT2D eigenvalue weighted by Crippen LogP contribution is 1.98. The van der Waals surface area contributed by atoms with Crippen LogP contribution in [0.4, 0.5) is 0 Å². The maximum absolute atomic E-state index is 11.0. The number of methoxy groups -OCH3 is 2. The molecule has 0 heterocycles. The van der Waals surface area contributed by atoms with Crippen molar-refractivity contribution >= 4 is 5.97 Å². The van der Waals surface area contributed by atoms with Crippen LogP contribution in [0, 0.1) is 0 Å². The maximum atomic E-state index is 11.0. The van der Waals surface area contributed by atoms with Crippen LogP contribution in [-0.4, -0.2) is 38.4 Å². The largest absolute Gasteiger partial charge is 0.468 e. The Labute approximate surface area is 79.6 Å². The molecule has 0 aromatic carbocycles. The minimum absolute atomic E-state index is 0.0760. The van der Waals surface area contributed by atoms with Gasteiger partial charge in [-0.3, -0.25) is 10.1 Å². The van der Waals surface area contributed by atoms with Crippen LogP contribution in [0.5, 0.6) is 0 Å².